The number of benzene rings is 1. The molecule has 0 aliphatic carbocycles. The van der Waals surface area contributed by atoms with Gasteiger partial charge in [0.15, 0.2) is 6.04 Å². The maximum atomic E-state index is 13.8. The highest BCUT2D eigenvalue weighted by atomic mass is 19.1. The van der Waals surface area contributed by atoms with Gasteiger partial charge >= 0.3 is 11.7 Å². The van der Waals surface area contributed by atoms with Crippen LogP contribution in [0.15, 0.2) is 29.1 Å². The van der Waals surface area contributed by atoms with Crippen LogP contribution in [0.25, 0.3) is 5.78 Å². The summed E-state index contributed by atoms with van der Waals surface area (Å²) >= 11 is 0. The Balaban J connectivity index is 2.02. The quantitative estimate of drug-likeness (QED) is 0.654. The molecule has 2 heterocycles. The Morgan fingerprint density at radius 1 is 1.29 bits per heavy atom. The molecule has 9 heteroatoms. The first kappa shape index (κ1) is 19.5. The topological polar surface area (TPSA) is 90.5 Å². The third-order valence-electron chi connectivity index (χ3n) is 4.39. The van der Waals surface area contributed by atoms with Crippen molar-refractivity contribution in [1.29, 1.82) is 0 Å². The lowest BCUT2D eigenvalue weighted by Gasteiger charge is -2.11. The van der Waals surface area contributed by atoms with Gasteiger partial charge in [0.1, 0.15) is 11.6 Å². The molecular weight excluding hydrogens is 365 g/mol. The minimum Gasteiger partial charge on any atom is -0.464 e. The lowest BCUT2D eigenvalue weighted by atomic mass is 10.2. The maximum Gasteiger partial charge on any atom is 0.352 e. The fourth-order valence-corrected chi connectivity index (χ4v) is 2.92. The molecule has 0 aliphatic heterocycles. The van der Waals surface area contributed by atoms with Gasteiger partial charge in [0.2, 0.25) is 0 Å². The zero-order chi connectivity index (χ0) is 20.4. The van der Waals surface area contributed by atoms with E-state index in [4.69, 9.17) is 4.74 Å². The number of aryl methyl sites for hydroxylation is 2. The summed E-state index contributed by atoms with van der Waals surface area (Å²) in [6.45, 7) is 7.11. The van der Waals surface area contributed by atoms with Gasteiger partial charge in [-0.3, -0.25) is 0 Å². The zero-order valence-corrected chi connectivity index (χ0v) is 16.2. The predicted octanol–water partition coefficient (Wildman–Crippen LogP) is 2.90. The average molecular weight is 387 g/mol. The number of ether oxygens (including phenoxy) is 1. The van der Waals surface area contributed by atoms with E-state index in [1.807, 2.05) is 0 Å². The summed E-state index contributed by atoms with van der Waals surface area (Å²) in [5.41, 5.74) is 1.18. The molecule has 1 atom stereocenters. The van der Waals surface area contributed by atoms with E-state index in [9.17, 15) is 14.0 Å². The molecule has 0 spiro atoms. The Hall–Kier alpha value is -3.23. The van der Waals surface area contributed by atoms with Crippen molar-refractivity contribution in [1.82, 2.24) is 19.2 Å². The number of fused-ring (bicyclic) bond motifs is 1. The lowest BCUT2D eigenvalue weighted by molar-refractivity contribution is -0.147. The molecule has 1 aromatic carbocycles. The Labute approximate surface area is 161 Å². The summed E-state index contributed by atoms with van der Waals surface area (Å²) in [5, 5.41) is 7.24. The van der Waals surface area contributed by atoms with E-state index in [1.54, 1.807) is 45.9 Å². The molecule has 8 nitrogen and oxygen atoms in total. The van der Waals surface area contributed by atoms with Crippen LogP contribution in [-0.2, 0) is 9.53 Å². The lowest BCUT2D eigenvalue weighted by Crippen LogP contribution is -2.31. The summed E-state index contributed by atoms with van der Waals surface area (Å²) in [6, 6.07) is 5.60. The molecule has 0 saturated carbocycles. The Morgan fingerprint density at radius 2 is 2.04 bits per heavy atom. The number of carbonyl (C=O) groups excluding carboxylic acids is 1. The van der Waals surface area contributed by atoms with Gasteiger partial charge in [-0.2, -0.15) is 9.67 Å². The molecule has 148 valence electrons. The van der Waals surface area contributed by atoms with Crippen LogP contribution < -0.4 is 11.0 Å². The van der Waals surface area contributed by atoms with Gasteiger partial charge in [0.25, 0.3) is 5.78 Å². The van der Waals surface area contributed by atoms with Crippen molar-refractivity contribution < 1.29 is 13.9 Å². The number of nitrogens with zero attached hydrogens (tertiary/aromatic N) is 4. The van der Waals surface area contributed by atoms with Crippen molar-refractivity contribution in [3.05, 3.63) is 51.8 Å². The molecule has 0 amide bonds. The number of rotatable bonds is 6. The molecular formula is C19H22FN5O3. The van der Waals surface area contributed by atoms with Gasteiger partial charge < -0.3 is 10.1 Å². The van der Waals surface area contributed by atoms with E-state index in [-0.39, 0.29) is 18.2 Å². The van der Waals surface area contributed by atoms with Gasteiger partial charge in [0, 0.05) is 17.4 Å². The molecule has 0 bridgehead atoms. The van der Waals surface area contributed by atoms with Crippen LogP contribution in [0.4, 0.5) is 15.9 Å². The molecule has 1 N–H and O–H groups in total. The van der Waals surface area contributed by atoms with Crippen LogP contribution in [0.3, 0.4) is 0 Å². The second kappa shape index (κ2) is 7.79. The highest BCUT2D eigenvalue weighted by Crippen LogP contribution is 2.19. The fraction of sp³-hybridized carbons (Fsp3) is 0.368. The third kappa shape index (κ3) is 3.60. The molecule has 0 saturated heterocycles. The summed E-state index contributed by atoms with van der Waals surface area (Å²) in [4.78, 5) is 29.2. The summed E-state index contributed by atoms with van der Waals surface area (Å²) in [7, 11) is 0. The largest absolute Gasteiger partial charge is 0.464 e. The zero-order valence-electron chi connectivity index (χ0n) is 16.2. The highest BCUT2D eigenvalue weighted by Gasteiger charge is 2.25. The minimum atomic E-state index is -0.823. The Bertz CT molecular complexity index is 1090. The van der Waals surface area contributed by atoms with Gasteiger partial charge in [0.05, 0.1) is 6.61 Å². The number of anilines is 2. The van der Waals surface area contributed by atoms with Crippen molar-refractivity contribution in [3.63, 3.8) is 0 Å². The molecule has 0 fully saturated rings. The standard InChI is InChI=1S/C19H22FN5O3/c1-5-15(17(26)28-6-2)25-19(27)24-12(4)9-16(22-18(24)23-25)21-13-8-7-11(3)14(20)10-13/h7-10,15H,5-6H2,1-4H3,(H,21,22,23). The van der Waals surface area contributed by atoms with Crippen LogP contribution in [0, 0.1) is 19.7 Å². The van der Waals surface area contributed by atoms with Crippen LogP contribution in [0.1, 0.15) is 37.6 Å². The van der Waals surface area contributed by atoms with Crippen LogP contribution >= 0.6 is 0 Å². The number of carbonyl (C=O) groups is 1. The monoisotopic (exact) mass is 387 g/mol. The number of esters is 1. The van der Waals surface area contributed by atoms with Crippen molar-refractivity contribution in [3.8, 4) is 0 Å². The average Bonchev–Trinajstić information content (AvgIpc) is 2.96. The van der Waals surface area contributed by atoms with E-state index < -0.39 is 17.7 Å². The Morgan fingerprint density at radius 3 is 2.68 bits per heavy atom. The highest BCUT2D eigenvalue weighted by molar-refractivity contribution is 5.74. The summed E-state index contributed by atoms with van der Waals surface area (Å²) in [6.07, 6.45) is 0.357. The third-order valence-corrected chi connectivity index (χ3v) is 4.39. The molecule has 0 aliphatic rings. The van der Waals surface area contributed by atoms with Gasteiger partial charge in [-0.15, -0.1) is 5.10 Å². The van der Waals surface area contributed by atoms with E-state index >= 15 is 0 Å². The van der Waals surface area contributed by atoms with Gasteiger partial charge in [-0.1, -0.05) is 13.0 Å². The maximum absolute atomic E-state index is 13.8. The molecule has 3 aromatic rings. The number of nitrogens with one attached hydrogen (secondary N) is 1. The number of halogens is 1. The van der Waals surface area contributed by atoms with Crippen molar-refractivity contribution in [2.45, 2.75) is 40.2 Å². The first-order valence-electron chi connectivity index (χ1n) is 9.04. The molecule has 3 rings (SSSR count). The number of hydrogen-bond acceptors (Lipinski definition) is 6. The second-order valence-electron chi connectivity index (χ2n) is 6.41. The second-order valence-corrected chi connectivity index (χ2v) is 6.41. The SMILES string of the molecule is CCOC(=O)C(CC)n1nc2nc(Nc3ccc(C)c(F)c3)cc(C)n2c1=O. The van der Waals surface area contributed by atoms with Crippen LogP contribution in [0.5, 0.6) is 0 Å². The van der Waals surface area contributed by atoms with E-state index in [1.165, 1.54) is 10.5 Å². The minimum absolute atomic E-state index is 0.142. The number of aromatic nitrogens is 4. The van der Waals surface area contributed by atoms with Gasteiger partial charge in [-0.05, 0) is 44.9 Å². The molecule has 28 heavy (non-hydrogen) atoms. The predicted molar refractivity (Wildman–Crippen MR) is 102 cm³/mol. The van der Waals surface area contributed by atoms with Crippen molar-refractivity contribution in [2.24, 2.45) is 0 Å². The van der Waals surface area contributed by atoms with Crippen LogP contribution in [0.2, 0.25) is 0 Å². The molecule has 2 aromatic heterocycles. The van der Waals surface area contributed by atoms with Gasteiger partial charge in [-0.25, -0.2) is 18.4 Å². The van der Waals surface area contributed by atoms with E-state index in [0.29, 0.717) is 29.2 Å². The van der Waals surface area contributed by atoms with Crippen molar-refractivity contribution in [2.75, 3.05) is 11.9 Å². The Kier molecular flexibility index (Phi) is 5.43. The van der Waals surface area contributed by atoms with Crippen LogP contribution in [-0.4, -0.2) is 31.7 Å². The normalized spacial score (nSPS) is 12.2. The first-order valence-corrected chi connectivity index (χ1v) is 9.04. The molecule has 0 radical (unpaired) electrons. The first-order chi connectivity index (χ1) is 13.3. The fourth-order valence-electron chi connectivity index (χ4n) is 2.92. The van der Waals surface area contributed by atoms with Crippen molar-refractivity contribution >= 4 is 23.3 Å². The summed E-state index contributed by atoms with van der Waals surface area (Å²) < 4.78 is 21.2. The number of hydrogen-bond donors (Lipinski definition) is 1. The van der Waals surface area contributed by atoms with E-state index in [0.717, 1.165) is 4.68 Å². The smallest absolute Gasteiger partial charge is 0.352 e. The van der Waals surface area contributed by atoms with E-state index in [2.05, 4.69) is 15.4 Å². The summed E-state index contributed by atoms with van der Waals surface area (Å²) in [5.74, 6) is -0.289. The molecule has 1 unspecified atom stereocenters.